The van der Waals surface area contributed by atoms with Gasteiger partial charge in [-0.05, 0) is 32.7 Å². The normalized spacial score (nSPS) is 31.0. The first-order chi connectivity index (χ1) is 7.51. The Morgan fingerprint density at radius 2 is 2.12 bits per heavy atom. The van der Waals surface area contributed by atoms with Crippen LogP contribution in [0, 0.1) is 5.92 Å². The number of hydrogen-bond acceptors (Lipinski definition) is 4. The van der Waals surface area contributed by atoms with E-state index in [0.717, 1.165) is 12.8 Å². The number of hydrogen-bond donors (Lipinski definition) is 0. The molecule has 1 fully saturated rings. The third kappa shape index (κ3) is 2.09. The Balaban J connectivity index is 2.80. The number of methoxy groups -OCH3 is 1. The van der Waals surface area contributed by atoms with E-state index in [4.69, 9.17) is 9.47 Å². The van der Waals surface area contributed by atoms with Crippen molar-refractivity contribution in [2.75, 3.05) is 20.8 Å². The molecule has 1 heterocycles. The fraction of sp³-hybridized carbons (Fsp3) is 0.917. The van der Waals surface area contributed by atoms with E-state index in [0.29, 0.717) is 12.5 Å². The monoisotopic (exact) mass is 229 g/mol. The van der Waals surface area contributed by atoms with Crippen molar-refractivity contribution < 1.29 is 14.3 Å². The maximum Gasteiger partial charge on any atom is 0.328 e. The predicted octanol–water partition coefficient (Wildman–Crippen LogP) is 1.64. The highest BCUT2D eigenvalue weighted by molar-refractivity contribution is 5.80. The van der Waals surface area contributed by atoms with Gasteiger partial charge < -0.3 is 9.47 Å². The van der Waals surface area contributed by atoms with Crippen LogP contribution in [0.1, 0.15) is 33.6 Å². The molecule has 1 aliphatic rings. The lowest BCUT2D eigenvalue weighted by Crippen LogP contribution is -2.52. The molecule has 4 nitrogen and oxygen atoms in total. The Morgan fingerprint density at radius 1 is 1.56 bits per heavy atom. The molecule has 0 radical (unpaired) electrons. The van der Waals surface area contributed by atoms with E-state index in [9.17, 15) is 4.79 Å². The first-order valence-electron chi connectivity index (χ1n) is 5.94. The highest BCUT2D eigenvalue weighted by Crippen LogP contribution is 2.32. The Hall–Kier alpha value is -0.610. The van der Waals surface area contributed by atoms with Crippen molar-refractivity contribution >= 4 is 5.97 Å². The number of rotatable bonds is 4. The van der Waals surface area contributed by atoms with Gasteiger partial charge in [-0.25, -0.2) is 4.79 Å². The van der Waals surface area contributed by atoms with Crippen LogP contribution < -0.4 is 0 Å². The Bertz CT molecular complexity index is 253. The molecule has 0 aromatic rings. The summed E-state index contributed by atoms with van der Waals surface area (Å²) in [6.45, 7) is 6.59. The Morgan fingerprint density at radius 3 is 2.56 bits per heavy atom. The van der Waals surface area contributed by atoms with Gasteiger partial charge in [0.2, 0.25) is 0 Å². The zero-order chi connectivity index (χ0) is 12.3. The maximum absolute atomic E-state index is 11.7. The van der Waals surface area contributed by atoms with Crippen LogP contribution in [-0.4, -0.2) is 43.4 Å². The summed E-state index contributed by atoms with van der Waals surface area (Å²) in [5.74, 6) is 0.250. The molecule has 0 spiro atoms. The summed E-state index contributed by atoms with van der Waals surface area (Å²) < 4.78 is 10.6. The van der Waals surface area contributed by atoms with Gasteiger partial charge in [0.15, 0.2) is 0 Å². The SMILES string of the molecule is CCC(CC)[C@H]1OC[C@@](C)(C(=O)OC)N1C. The van der Waals surface area contributed by atoms with Crippen molar-refractivity contribution in [2.24, 2.45) is 5.92 Å². The van der Waals surface area contributed by atoms with Crippen molar-refractivity contribution in [3.8, 4) is 0 Å². The first-order valence-corrected chi connectivity index (χ1v) is 5.94. The molecule has 0 aromatic carbocycles. The summed E-state index contributed by atoms with van der Waals surface area (Å²) in [4.78, 5) is 13.8. The van der Waals surface area contributed by atoms with E-state index >= 15 is 0 Å². The number of likely N-dealkylation sites (N-methyl/N-ethyl adjacent to an activating group) is 1. The van der Waals surface area contributed by atoms with Crippen LogP contribution in [0.15, 0.2) is 0 Å². The van der Waals surface area contributed by atoms with Crippen molar-refractivity contribution in [2.45, 2.75) is 45.4 Å². The van der Waals surface area contributed by atoms with Gasteiger partial charge in [-0.3, -0.25) is 4.90 Å². The summed E-state index contributed by atoms with van der Waals surface area (Å²) in [5.41, 5.74) is -0.637. The highest BCUT2D eigenvalue weighted by Gasteiger charge is 2.49. The van der Waals surface area contributed by atoms with Gasteiger partial charge in [0.25, 0.3) is 0 Å². The van der Waals surface area contributed by atoms with Crippen LogP contribution in [-0.2, 0) is 14.3 Å². The minimum Gasteiger partial charge on any atom is -0.468 e. The van der Waals surface area contributed by atoms with E-state index in [1.165, 1.54) is 7.11 Å². The van der Waals surface area contributed by atoms with E-state index in [2.05, 4.69) is 13.8 Å². The number of carbonyl (C=O) groups excluding carboxylic acids is 1. The molecule has 4 heteroatoms. The third-order valence-corrected chi connectivity index (χ3v) is 3.77. The van der Waals surface area contributed by atoms with Crippen molar-refractivity contribution in [1.29, 1.82) is 0 Å². The highest BCUT2D eigenvalue weighted by atomic mass is 16.5. The molecule has 2 atom stereocenters. The molecule has 94 valence electrons. The minimum absolute atomic E-state index is 0.0269. The molecular weight excluding hydrogens is 206 g/mol. The maximum atomic E-state index is 11.7. The van der Waals surface area contributed by atoms with Gasteiger partial charge in [-0.15, -0.1) is 0 Å². The number of esters is 1. The second kappa shape index (κ2) is 5.15. The Labute approximate surface area is 97.9 Å². The average Bonchev–Trinajstić information content (AvgIpc) is 2.59. The molecule has 0 unspecified atom stereocenters. The molecule has 0 amide bonds. The molecule has 0 aliphatic carbocycles. The van der Waals surface area contributed by atoms with Gasteiger partial charge in [-0.2, -0.15) is 0 Å². The summed E-state index contributed by atoms with van der Waals surface area (Å²) in [6, 6.07) is 0. The van der Waals surface area contributed by atoms with Gasteiger partial charge in [0.1, 0.15) is 11.8 Å². The summed E-state index contributed by atoms with van der Waals surface area (Å²) in [5, 5.41) is 0. The molecule has 0 aromatic heterocycles. The smallest absolute Gasteiger partial charge is 0.328 e. The topological polar surface area (TPSA) is 38.8 Å². The van der Waals surface area contributed by atoms with E-state index in [1.807, 2.05) is 18.9 Å². The average molecular weight is 229 g/mol. The molecule has 0 bridgehead atoms. The second-order valence-corrected chi connectivity index (χ2v) is 4.65. The fourth-order valence-electron chi connectivity index (χ4n) is 2.31. The van der Waals surface area contributed by atoms with Gasteiger partial charge >= 0.3 is 5.97 Å². The third-order valence-electron chi connectivity index (χ3n) is 3.77. The summed E-state index contributed by atoms with van der Waals surface area (Å²) in [6.07, 6.45) is 2.14. The van der Waals surface area contributed by atoms with Crippen LogP contribution in [0.2, 0.25) is 0 Å². The lowest BCUT2D eigenvalue weighted by molar-refractivity contribution is -0.152. The standard InChI is InChI=1S/C12H23NO3/c1-6-9(7-2)10-13(4)12(3,8-16-10)11(14)15-5/h9-10H,6-8H2,1-5H3/t10-,12+/m1/s1. The summed E-state index contributed by atoms with van der Waals surface area (Å²) >= 11 is 0. The van der Waals surface area contributed by atoms with Gasteiger partial charge in [-0.1, -0.05) is 13.8 Å². The summed E-state index contributed by atoms with van der Waals surface area (Å²) in [7, 11) is 3.36. The lowest BCUT2D eigenvalue weighted by atomic mass is 9.98. The number of carbonyl (C=O) groups is 1. The van der Waals surface area contributed by atoms with Crippen LogP contribution >= 0.6 is 0 Å². The van der Waals surface area contributed by atoms with Crippen molar-refractivity contribution in [3.05, 3.63) is 0 Å². The Kier molecular flexibility index (Phi) is 4.33. The van der Waals surface area contributed by atoms with E-state index in [-0.39, 0.29) is 12.2 Å². The molecule has 0 N–H and O–H groups in total. The molecule has 1 saturated heterocycles. The zero-order valence-electron chi connectivity index (χ0n) is 10.9. The molecule has 0 saturated carbocycles. The van der Waals surface area contributed by atoms with Crippen LogP contribution in [0.3, 0.4) is 0 Å². The van der Waals surface area contributed by atoms with Crippen LogP contribution in [0.4, 0.5) is 0 Å². The molecule has 16 heavy (non-hydrogen) atoms. The largest absolute Gasteiger partial charge is 0.468 e. The van der Waals surface area contributed by atoms with Gasteiger partial charge in [0, 0.05) is 0 Å². The predicted molar refractivity (Wildman–Crippen MR) is 62.0 cm³/mol. The first kappa shape index (κ1) is 13.5. The number of nitrogens with zero attached hydrogens (tertiary/aromatic N) is 1. The van der Waals surface area contributed by atoms with E-state index in [1.54, 1.807) is 0 Å². The number of ether oxygens (including phenoxy) is 2. The fourth-order valence-corrected chi connectivity index (χ4v) is 2.31. The second-order valence-electron chi connectivity index (χ2n) is 4.65. The van der Waals surface area contributed by atoms with Gasteiger partial charge in [0.05, 0.1) is 13.7 Å². The minimum atomic E-state index is -0.637. The van der Waals surface area contributed by atoms with Crippen molar-refractivity contribution in [1.82, 2.24) is 4.90 Å². The molecule has 1 rings (SSSR count). The quantitative estimate of drug-likeness (QED) is 0.687. The molecule has 1 aliphatic heterocycles. The lowest BCUT2D eigenvalue weighted by Gasteiger charge is -2.33. The van der Waals surface area contributed by atoms with Crippen LogP contribution in [0.5, 0.6) is 0 Å². The molecular formula is C12H23NO3. The van der Waals surface area contributed by atoms with Crippen molar-refractivity contribution in [3.63, 3.8) is 0 Å². The zero-order valence-corrected chi connectivity index (χ0v) is 10.9. The van der Waals surface area contributed by atoms with Crippen LogP contribution in [0.25, 0.3) is 0 Å². The van der Waals surface area contributed by atoms with E-state index < -0.39 is 5.54 Å².